The lowest BCUT2D eigenvalue weighted by Crippen LogP contribution is -2.72. The van der Waals surface area contributed by atoms with Crippen LogP contribution in [0.4, 0.5) is 0 Å². The summed E-state index contributed by atoms with van der Waals surface area (Å²) in [6, 6.07) is 0. The summed E-state index contributed by atoms with van der Waals surface area (Å²) >= 11 is 0. The van der Waals surface area contributed by atoms with Crippen molar-refractivity contribution in [3.63, 3.8) is 0 Å². The van der Waals surface area contributed by atoms with Gasteiger partial charge in [0.15, 0.2) is 0 Å². The van der Waals surface area contributed by atoms with Gasteiger partial charge in [0, 0.05) is 27.1 Å². The summed E-state index contributed by atoms with van der Waals surface area (Å²) in [5.74, 6) is -1.10. The summed E-state index contributed by atoms with van der Waals surface area (Å²) < 4.78 is 16.8. The van der Waals surface area contributed by atoms with E-state index in [1.807, 2.05) is 19.9 Å². The molecule has 4 aliphatic rings. The van der Waals surface area contributed by atoms with E-state index in [1.165, 1.54) is 14.2 Å². The lowest BCUT2D eigenvalue weighted by atomic mass is 9.56. The van der Waals surface area contributed by atoms with Crippen LogP contribution in [0.3, 0.4) is 0 Å². The first kappa shape index (κ1) is 14.5. The van der Waals surface area contributed by atoms with Gasteiger partial charge < -0.3 is 14.2 Å². The Morgan fingerprint density at radius 2 is 2.05 bits per heavy atom. The third kappa shape index (κ3) is 1.48. The number of rotatable bonds is 4. The minimum absolute atomic E-state index is 0.221. The zero-order chi connectivity index (χ0) is 15.5. The average molecular weight is 292 g/mol. The first-order valence-corrected chi connectivity index (χ1v) is 7.09. The fourth-order valence-corrected chi connectivity index (χ4v) is 3.89. The number of hydrogen-bond acceptors (Lipinski definition) is 5. The molecule has 0 amide bonds. The molecule has 5 nitrogen and oxygen atoms in total. The molecule has 1 aliphatic heterocycles. The third-order valence-corrected chi connectivity index (χ3v) is 5.07. The molecule has 1 heterocycles. The Morgan fingerprint density at radius 1 is 1.33 bits per heavy atom. The standard InChI is InChI=1S/C16H20O5/c1-10(2)5-6-16-13(18)14(19-3)7-8-15(16,20-4)11(9-14)12(17)21-16/h5,7-8,11H,6,9H2,1-4H3/t11-,14-,15+,16-/m0/s1. The summed E-state index contributed by atoms with van der Waals surface area (Å²) in [7, 11) is 3.01. The van der Waals surface area contributed by atoms with Crippen LogP contribution in [0.5, 0.6) is 0 Å². The number of ether oxygens (including phenoxy) is 3. The monoisotopic (exact) mass is 292 g/mol. The predicted molar refractivity (Wildman–Crippen MR) is 74.6 cm³/mol. The smallest absolute Gasteiger partial charge is 0.313 e. The maximum atomic E-state index is 13.1. The summed E-state index contributed by atoms with van der Waals surface area (Å²) in [5.41, 5.74) is -2.36. The minimum atomic E-state index is -1.32. The minimum Gasteiger partial charge on any atom is -0.447 e. The molecule has 0 aromatic rings. The highest BCUT2D eigenvalue weighted by atomic mass is 16.6. The van der Waals surface area contributed by atoms with E-state index >= 15 is 0 Å². The van der Waals surface area contributed by atoms with Gasteiger partial charge in [-0.3, -0.25) is 9.59 Å². The van der Waals surface area contributed by atoms with Crippen molar-refractivity contribution in [3.8, 4) is 0 Å². The Labute approximate surface area is 123 Å². The van der Waals surface area contributed by atoms with Crippen LogP contribution in [0.15, 0.2) is 23.8 Å². The molecule has 114 valence electrons. The van der Waals surface area contributed by atoms with Crippen molar-refractivity contribution >= 4 is 11.8 Å². The molecular formula is C16H20O5. The molecule has 1 saturated carbocycles. The van der Waals surface area contributed by atoms with Gasteiger partial charge in [0.1, 0.15) is 11.2 Å². The van der Waals surface area contributed by atoms with Gasteiger partial charge in [0.25, 0.3) is 0 Å². The van der Waals surface area contributed by atoms with E-state index in [-0.39, 0.29) is 18.2 Å². The Kier molecular flexibility index (Phi) is 2.94. The summed E-state index contributed by atoms with van der Waals surface area (Å²) in [5, 5.41) is 0. The number of allylic oxidation sites excluding steroid dienone is 1. The molecule has 0 N–H and O–H groups in total. The van der Waals surface area contributed by atoms with Gasteiger partial charge in [-0.15, -0.1) is 0 Å². The van der Waals surface area contributed by atoms with Crippen molar-refractivity contribution in [2.24, 2.45) is 5.92 Å². The molecule has 5 heteroatoms. The highest BCUT2D eigenvalue weighted by Crippen LogP contribution is 2.59. The molecule has 4 atom stereocenters. The molecule has 0 aromatic heterocycles. The zero-order valence-corrected chi connectivity index (χ0v) is 12.8. The van der Waals surface area contributed by atoms with Crippen molar-refractivity contribution in [2.45, 2.75) is 43.5 Å². The Hall–Kier alpha value is -1.46. The maximum absolute atomic E-state index is 13.1. The van der Waals surface area contributed by atoms with Crippen LogP contribution in [-0.2, 0) is 23.8 Å². The van der Waals surface area contributed by atoms with Crippen LogP contribution in [0, 0.1) is 5.92 Å². The van der Waals surface area contributed by atoms with E-state index in [2.05, 4.69) is 0 Å². The Bertz CT molecular complexity index is 573. The maximum Gasteiger partial charge on any atom is 0.313 e. The SMILES string of the molecule is CO[C@@]12C=C[C@@]3(OC)[C@@H](C1)C(=O)O[C@@]3(CC=C(C)C)C2=O. The van der Waals surface area contributed by atoms with Gasteiger partial charge in [-0.25, -0.2) is 0 Å². The van der Waals surface area contributed by atoms with Crippen molar-refractivity contribution in [1.82, 2.24) is 0 Å². The fourth-order valence-electron chi connectivity index (χ4n) is 3.89. The molecule has 0 unspecified atom stereocenters. The molecular weight excluding hydrogens is 272 g/mol. The lowest BCUT2D eigenvalue weighted by molar-refractivity contribution is -0.195. The van der Waals surface area contributed by atoms with Crippen LogP contribution in [0.25, 0.3) is 0 Å². The van der Waals surface area contributed by atoms with Gasteiger partial charge in [-0.2, -0.15) is 0 Å². The van der Waals surface area contributed by atoms with E-state index in [0.29, 0.717) is 6.42 Å². The van der Waals surface area contributed by atoms with Crippen LogP contribution < -0.4 is 0 Å². The van der Waals surface area contributed by atoms with Crippen LogP contribution in [0.2, 0.25) is 0 Å². The number of methoxy groups -OCH3 is 2. The number of carbonyl (C=O) groups excluding carboxylic acids is 2. The number of Topliss-reactive ketones (excluding diaryl/α,β-unsaturated/α-hetero) is 1. The highest BCUT2D eigenvalue weighted by Gasteiger charge is 2.79. The van der Waals surface area contributed by atoms with Gasteiger partial charge >= 0.3 is 5.97 Å². The number of ketones is 1. The molecule has 1 saturated heterocycles. The van der Waals surface area contributed by atoms with Gasteiger partial charge in [-0.1, -0.05) is 11.6 Å². The first-order valence-electron chi connectivity index (χ1n) is 7.09. The molecule has 3 aliphatic carbocycles. The molecule has 0 aromatic carbocycles. The third-order valence-electron chi connectivity index (χ3n) is 5.07. The number of carbonyl (C=O) groups is 2. The summed E-state index contributed by atoms with van der Waals surface area (Å²) in [4.78, 5) is 25.4. The van der Waals surface area contributed by atoms with Gasteiger partial charge in [-0.05, 0) is 26.0 Å². The second kappa shape index (κ2) is 4.27. The number of hydrogen-bond donors (Lipinski definition) is 0. The van der Waals surface area contributed by atoms with E-state index < -0.39 is 22.7 Å². The second-order valence-corrected chi connectivity index (χ2v) is 6.24. The van der Waals surface area contributed by atoms with E-state index in [4.69, 9.17) is 14.2 Å². The van der Waals surface area contributed by atoms with Crippen LogP contribution >= 0.6 is 0 Å². The van der Waals surface area contributed by atoms with E-state index in [9.17, 15) is 9.59 Å². The van der Waals surface area contributed by atoms with Crippen LogP contribution in [-0.4, -0.2) is 42.8 Å². The largest absolute Gasteiger partial charge is 0.447 e. The summed E-state index contributed by atoms with van der Waals surface area (Å²) in [6.07, 6.45) is 6.00. The topological polar surface area (TPSA) is 61.8 Å². The van der Waals surface area contributed by atoms with Crippen molar-refractivity contribution < 1.29 is 23.8 Å². The van der Waals surface area contributed by atoms with Crippen molar-refractivity contribution in [1.29, 1.82) is 0 Å². The van der Waals surface area contributed by atoms with E-state index in [1.54, 1.807) is 12.2 Å². The molecule has 4 bridgehead atoms. The molecule has 0 radical (unpaired) electrons. The molecule has 0 spiro atoms. The normalized spacial score (nSPS) is 43.1. The van der Waals surface area contributed by atoms with Gasteiger partial charge in [0.05, 0.1) is 5.92 Å². The second-order valence-electron chi connectivity index (χ2n) is 6.24. The predicted octanol–water partition coefficient (Wildman–Crippen LogP) is 1.57. The zero-order valence-electron chi connectivity index (χ0n) is 12.8. The Balaban J connectivity index is 2.21. The molecule has 4 rings (SSSR count). The lowest BCUT2D eigenvalue weighted by Gasteiger charge is -2.53. The summed E-state index contributed by atoms with van der Waals surface area (Å²) in [6.45, 7) is 3.88. The average Bonchev–Trinajstić information content (AvgIpc) is 2.69. The first-order chi connectivity index (χ1) is 9.87. The Morgan fingerprint density at radius 3 is 2.62 bits per heavy atom. The molecule has 2 fully saturated rings. The highest BCUT2D eigenvalue weighted by molar-refractivity contribution is 6.06. The quantitative estimate of drug-likeness (QED) is 0.581. The van der Waals surface area contributed by atoms with E-state index in [0.717, 1.165) is 5.57 Å². The van der Waals surface area contributed by atoms with Gasteiger partial charge in [0.2, 0.25) is 11.4 Å². The van der Waals surface area contributed by atoms with Crippen molar-refractivity contribution in [2.75, 3.05) is 14.2 Å². The van der Waals surface area contributed by atoms with Crippen molar-refractivity contribution in [3.05, 3.63) is 23.8 Å². The number of esters is 1. The molecule has 21 heavy (non-hydrogen) atoms. The fraction of sp³-hybridized carbons (Fsp3) is 0.625. The van der Waals surface area contributed by atoms with Crippen LogP contribution in [0.1, 0.15) is 26.7 Å².